The molecule has 1 aliphatic carbocycles. The van der Waals surface area contributed by atoms with E-state index in [9.17, 15) is 14.4 Å². The largest absolute Gasteiger partial charge is 0.492 e. The maximum Gasteiger partial charge on any atom is 0.340 e. The summed E-state index contributed by atoms with van der Waals surface area (Å²) in [7, 11) is 0. The van der Waals surface area contributed by atoms with Gasteiger partial charge in [-0.05, 0) is 86.1 Å². The highest BCUT2D eigenvalue weighted by Gasteiger charge is 2.27. The zero-order valence-electron chi connectivity index (χ0n) is 25.3. The van der Waals surface area contributed by atoms with Gasteiger partial charge in [0, 0.05) is 0 Å². The number of benzene rings is 2. The van der Waals surface area contributed by atoms with Gasteiger partial charge in [-0.15, -0.1) is 0 Å². The van der Waals surface area contributed by atoms with Crippen LogP contribution in [0, 0.1) is 17.2 Å². The van der Waals surface area contributed by atoms with E-state index in [4.69, 9.17) is 9.47 Å². The van der Waals surface area contributed by atoms with Crippen molar-refractivity contribution in [3.05, 3.63) is 53.6 Å². The summed E-state index contributed by atoms with van der Waals surface area (Å²) in [5.74, 6) is 0.608. The van der Waals surface area contributed by atoms with E-state index in [0.29, 0.717) is 30.3 Å². The number of hydrogen-bond acceptors (Lipinski definition) is 4. The molecule has 4 nitrogen and oxygen atoms in total. The van der Waals surface area contributed by atoms with E-state index >= 15 is 0 Å². The lowest BCUT2D eigenvalue weighted by Gasteiger charge is -2.28. The van der Waals surface area contributed by atoms with Crippen LogP contribution in [0.4, 0.5) is 4.39 Å². The molecule has 0 radical (unpaired) electrons. The lowest BCUT2D eigenvalue weighted by Crippen LogP contribution is -2.29. The van der Waals surface area contributed by atoms with Gasteiger partial charge in [-0.2, -0.15) is 5.26 Å². The molecule has 0 unspecified atom stereocenters. The minimum absolute atomic E-state index is 0.131. The second-order valence-corrected chi connectivity index (χ2v) is 11.7. The number of aryl methyl sites for hydroxylation is 1. The molecule has 0 aliphatic heterocycles. The molecule has 41 heavy (non-hydrogen) atoms. The van der Waals surface area contributed by atoms with Crippen molar-refractivity contribution in [2.75, 3.05) is 6.61 Å². The van der Waals surface area contributed by atoms with Crippen molar-refractivity contribution < 1.29 is 18.7 Å². The Labute approximate surface area is 247 Å². The number of halogens is 1. The number of carbonyl (C=O) groups excluding carboxylic acids is 1. The molecule has 1 fully saturated rings. The number of alkyl halides is 1. The van der Waals surface area contributed by atoms with E-state index < -0.39 is 12.1 Å². The van der Waals surface area contributed by atoms with Gasteiger partial charge < -0.3 is 9.47 Å². The zero-order chi connectivity index (χ0) is 29.3. The summed E-state index contributed by atoms with van der Waals surface area (Å²) < 4.78 is 25.3. The Bertz CT molecular complexity index is 1070. The molecule has 0 heterocycles. The SMILES string of the molecule is CCCCCCCCCOc1ccc(-c2ccc(CCC3CCC(OC(=O)[C@@H](F)CCCC)CC3)cc2)cc1C#N. The zero-order valence-corrected chi connectivity index (χ0v) is 25.3. The fourth-order valence-corrected chi connectivity index (χ4v) is 5.68. The molecule has 0 spiro atoms. The molecule has 0 amide bonds. The highest BCUT2D eigenvalue weighted by Crippen LogP contribution is 2.31. The summed E-state index contributed by atoms with van der Waals surface area (Å²) in [6.45, 7) is 4.88. The van der Waals surface area contributed by atoms with Crippen LogP contribution >= 0.6 is 0 Å². The number of ether oxygens (including phenoxy) is 2. The Morgan fingerprint density at radius 1 is 0.902 bits per heavy atom. The van der Waals surface area contributed by atoms with Gasteiger partial charge in [0.1, 0.15) is 17.9 Å². The van der Waals surface area contributed by atoms with Crippen molar-refractivity contribution in [3.63, 3.8) is 0 Å². The van der Waals surface area contributed by atoms with Crippen molar-refractivity contribution in [2.45, 2.75) is 129 Å². The van der Waals surface area contributed by atoms with Gasteiger partial charge >= 0.3 is 5.97 Å². The quantitative estimate of drug-likeness (QED) is 0.134. The van der Waals surface area contributed by atoms with Gasteiger partial charge in [-0.1, -0.05) is 95.5 Å². The summed E-state index contributed by atoms with van der Waals surface area (Å²) in [6.07, 6.45) is 14.7. The average Bonchev–Trinajstić information content (AvgIpc) is 3.01. The molecule has 1 atom stereocenters. The molecule has 0 aromatic heterocycles. The molecule has 0 N–H and O–H groups in total. The third kappa shape index (κ3) is 11.5. The molecule has 1 aliphatic rings. The smallest absolute Gasteiger partial charge is 0.340 e. The van der Waals surface area contributed by atoms with Crippen LogP contribution < -0.4 is 4.74 Å². The van der Waals surface area contributed by atoms with Gasteiger partial charge in [-0.3, -0.25) is 0 Å². The maximum atomic E-state index is 13.9. The Morgan fingerprint density at radius 2 is 1.56 bits per heavy atom. The highest BCUT2D eigenvalue weighted by molar-refractivity contribution is 5.74. The first-order valence-corrected chi connectivity index (χ1v) is 16.1. The lowest BCUT2D eigenvalue weighted by atomic mass is 9.83. The first kappa shape index (κ1) is 32.6. The first-order valence-electron chi connectivity index (χ1n) is 16.1. The number of nitrogens with zero attached hydrogens (tertiary/aromatic N) is 1. The fourth-order valence-electron chi connectivity index (χ4n) is 5.68. The molecular formula is C36H50FNO3. The van der Waals surface area contributed by atoms with Gasteiger partial charge in [0.05, 0.1) is 12.2 Å². The number of hydrogen-bond donors (Lipinski definition) is 0. The van der Waals surface area contributed by atoms with Gasteiger partial charge in [0.2, 0.25) is 0 Å². The van der Waals surface area contributed by atoms with Crippen LogP contribution in [0.15, 0.2) is 42.5 Å². The van der Waals surface area contributed by atoms with E-state index in [2.05, 4.69) is 37.3 Å². The van der Waals surface area contributed by atoms with Crippen LogP contribution in [0.25, 0.3) is 11.1 Å². The second-order valence-electron chi connectivity index (χ2n) is 11.7. The summed E-state index contributed by atoms with van der Waals surface area (Å²) >= 11 is 0. The van der Waals surface area contributed by atoms with Crippen molar-refractivity contribution in [3.8, 4) is 22.9 Å². The van der Waals surface area contributed by atoms with Crippen LogP contribution in [0.1, 0.15) is 121 Å². The fraction of sp³-hybridized carbons (Fsp3) is 0.611. The van der Waals surface area contributed by atoms with E-state index in [1.54, 1.807) is 0 Å². The van der Waals surface area contributed by atoms with Crippen molar-refractivity contribution in [2.24, 2.45) is 5.92 Å². The maximum absolute atomic E-state index is 13.9. The number of carbonyl (C=O) groups is 1. The molecule has 0 bridgehead atoms. The lowest BCUT2D eigenvalue weighted by molar-refractivity contribution is -0.157. The van der Waals surface area contributed by atoms with Crippen LogP contribution in [0.3, 0.4) is 0 Å². The monoisotopic (exact) mass is 563 g/mol. The number of rotatable bonds is 18. The molecule has 2 aromatic carbocycles. The standard InChI is InChI=1S/C36H50FNO3/c1-3-5-7-8-9-10-11-25-40-35-24-21-31(26-32(35)27-38)30-19-15-28(16-20-30)13-14-29-17-22-33(23-18-29)41-36(39)34(37)12-6-4-2/h15-16,19-21,24,26,29,33-34H,3-14,17-18,22-23,25H2,1-2H3/t29?,33?,34-/m0/s1. The van der Waals surface area contributed by atoms with Gasteiger partial charge in [-0.25, -0.2) is 9.18 Å². The topological polar surface area (TPSA) is 59.3 Å². The molecule has 5 heteroatoms. The summed E-state index contributed by atoms with van der Waals surface area (Å²) in [5.41, 5.74) is 4.00. The number of esters is 1. The predicted molar refractivity (Wildman–Crippen MR) is 165 cm³/mol. The number of unbranched alkanes of at least 4 members (excludes halogenated alkanes) is 7. The van der Waals surface area contributed by atoms with Crippen molar-refractivity contribution in [1.82, 2.24) is 0 Å². The van der Waals surface area contributed by atoms with Gasteiger partial charge in [0.25, 0.3) is 0 Å². The Hall–Kier alpha value is -2.87. The predicted octanol–water partition coefficient (Wildman–Crippen LogP) is 9.92. The Kier molecular flexibility index (Phi) is 14.8. The first-order chi connectivity index (χ1) is 20.0. The van der Waals surface area contributed by atoms with Gasteiger partial charge in [0.15, 0.2) is 6.17 Å². The molecule has 1 saturated carbocycles. The minimum atomic E-state index is -1.48. The van der Waals surface area contributed by atoms with Crippen molar-refractivity contribution in [1.29, 1.82) is 5.26 Å². The van der Waals surface area contributed by atoms with E-state index in [-0.39, 0.29) is 12.5 Å². The number of nitriles is 1. The average molecular weight is 564 g/mol. The third-order valence-electron chi connectivity index (χ3n) is 8.38. The normalized spacial score (nSPS) is 17.5. The third-order valence-corrected chi connectivity index (χ3v) is 8.38. The van der Waals surface area contributed by atoms with Crippen LogP contribution in [0.2, 0.25) is 0 Å². The van der Waals surface area contributed by atoms with Crippen molar-refractivity contribution >= 4 is 5.97 Å². The van der Waals surface area contributed by atoms with E-state index in [1.807, 2.05) is 25.1 Å². The molecular weight excluding hydrogens is 513 g/mol. The van der Waals surface area contributed by atoms with E-state index in [1.165, 1.54) is 44.1 Å². The summed E-state index contributed by atoms with van der Waals surface area (Å²) in [5, 5.41) is 9.69. The summed E-state index contributed by atoms with van der Waals surface area (Å²) in [6, 6.07) is 16.8. The molecule has 0 saturated heterocycles. The van der Waals surface area contributed by atoms with Crippen LogP contribution in [0.5, 0.6) is 5.75 Å². The van der Waals surface area contributed by atoms with E-state index in [0.717, 1.165) is 62.5 Å². The minimum Gasteiger partial charge on any atom is -0.492 e. The Balaban J connectivity index is 1.39. The molecule has 3 rings (SSSR count). The van der Waals surface area contributed by atoms with Crippen LogP contribution in [-0.2, 0) is 16.0 Å². The second kappa shape index (κ2) is 18.5. The molecule has 2 aromatic rings. The summed E-state index contributed by atoms with van der Waals surface area (Å²) in [4.78, 5) is 12.0. The molecule has 224 valence electrons. The highest BCUT2D eigenvalue weighted by atomic mass is 19.1. The van der Waals surface area contributed by atoms with Crippen LogP contribution in [-0.4, -0.2) is 24.9 Å². The Morgan fingerprint density at radius 3 is 2.24 bits per heavy atom.